The molecule has 92 valence electrons. The lowest BCUT2D eigenvalue weighted by molar-refractivity contribution is 0.0680. The maximum absolute atomic E-state index is 10.7. The summed E-state index contributed by atoms with van der Waals surface area (Å²) in [5, 5.41) is 12.2. The molecule has 0 spiro atoms. The quantitative estimate of drug-likeness (QED) is 0.867. The smallest absolute Gasteiger partial charge is 0.377 e. The second-order valence-electron chi connectivity index (χ2n) is 3.99. The van der Waals surface area contributed by atoms with Crippen LogP contribution < -0.4 is 4.74 Å². The minimum absolute atomic E-state index is 0.101. The van der Waals surface area contributed by atoms with Crippen LogP contribution in [-0.2, 0) is 0 Å². The topological polar surface area (TPSA) is 85.5 Å². The molecular weight excluding hydrogens is 236 g/mol. The van der Waals surface area contributed by atoms with Gasteiger partial charge in [0.05, 0.1) is 12.5 Å². The molecular formula is C12H10N2O4. The summed E-state index contributed by atoms with van der Waals surface area (Å²) in [6.07, 6.45) is 0.693. The lowest BCUT2D eigenvalue weighted by Crippen LogP contribution is -2.15. The van der Waals surface area contributed by atoms with Gasteiger partial charge in [-0.2, -0.15) is 4.98 Å². The van der Waals surface area contributed by atoms with Crippen molar-refractivity contribution < 1.29 is 19.2 Å². The van der Waals surface area contributed by atoms with Crippen LogP contribution in [0.2, 0.25) is 0 Å². The van der Waals surface area contributed by atoms with Crippen molar-refractivity contribution in [1.82, 2.24) is 10.1 Å². The normalized spacial score (nSPS) is 17.9. The Labute approximate surface area is 102 Å². The molecule has 1 aromatic carbocycles. The highest BCUT2D eigenvalue weighted by molar-refractivity contribution is 5.82. The van der Waals surface area contributed by atoms with Crippen molar-refractivity contribution in [3.63, 3.8) is 0 Å². The van der Waals surface area contributed by atoms with Gasteiger partial charge in [-0.3, -0.25) is 0 Å². The Bertz CT molecular complexity index is 593. The number of aromatic carboxylic acids is 1. The Morgan fingerprint density at radius 3 is 3.00 bits per heavy atom. The predicted molar refractivity (Wildman–Crippen MR) is 59.7 cm³/mol. The molecule has 1 aromatic heterocycles. The van der Waals surface area contributed by atoms with Gasteiger partial charge < -0.3 is 14.4 Å². The molecule has 18 heavy (non-hydrogen) atoms. The summed E-state index contributed by atoms with van der Waals surface area (Å²) >= 11 is 0. The first-order chi connectivity index (χ1) is 8.75. The molecule has 0 amide bonds. The van der Waals surface area contributed by atoms with Gasteiger partial charge in [-0.25, -0.2) is 4.79 Å². The largest absolute Gasteiger partial charge is 0.493 e. The molecule has 0 saturated carbocycles. The second-order valence-corrected chi connectivity index (χ2v) is 3.99. The minimum atomic E-state index is -1.19. The Morgan fingerprint density at radius 1 is 1.39 bits per heavy atom. The summed E-state index contributed by atoms with van der Waals surface area (Å²) < 4.78 is 10.5. The van der Waals surface area contributed by atoms with Crippen molar-refractivity contribution in [3.8, 4) is 5.75 Å². The fraction of sp³-hybridized carbons (Fsp3) is 0.250. The van der Waals surface area contributed by atoms with Gasteiger partial charge in [-0.05, 0) is 17.6 Å². The van der Waals surface area contributed by atoms with E-state index in [1.807, 2.05) is 24.3 Å². The number of rotatable bonds is 2. The third-order valence-corrected chi connectivity index (χ3v) is 2.89. The summed E-state index contributed by atoms with van der Waals surface area (Å²) in [6.45, 7) is 0.548. The van der Waals surface area contributed by atoms with Crippen LogP contribution in [0.25, 0.3) is 0 Å². The second kappa shape index (κ2) is 4.14. The highest BCUT2D eigenvalue weighted by atomic mass is 16.5. The van der Waals surface area contributed by atoms with Gasteiger partial charge in [0, 0.05) is 5.56 Å². The van der Waals surface area contributed by atoms with Crippen LogP contribution in [-0.4, -0.2) is 27.8 Å². The molecule has 6 nitrogen and oxygen atoms in total. The Morgan fingerprint density at radius 2 is 2.22 bits per heavy atom. The molecule has 6 heteroatoms. The van der Waals surface area contributed by atoms with Crippen LogP contribution >= 0.6 is 0 Å². The average molecular weight is 246 g/mol. The Kier molecular flexibility index (Phi) is 2.47. The van der Waals surface area contributed by atoms with E-state index in [-0.39, 0.29) is 11.7 Å². The molecule has 0 aliphatic carbocycles. The fourth-order valence-electron chi connectivity index (χ4n) is 2.06. The maximum Gasteiger partial charge on any atom is 0.377 e. The molecule has 1 aliphatic rings. The van der Waals surface area contributed by atoms with Crippen molar-refractivity contribution in [2.45, 2.75) is 12.3 Å². The van der Waals surface area contributed by atoms with Crippen molar-refractivity contribution in [1.29, 1.82) is 0 Å². The number of benzene rings is 1. The highest BCUT2D eigenvalue weighted by Gasteiger charge is 2.28. The summed E-state index contributed by atoms with van der Waals surface area (Å²) in [5.74, 6) is -0.498. The van der Waals surface area contributed by atoms with Crippen LogP contribution in [0.1, 0.15) is 34.4 Å². The molecule has 3 rings (SSSR count). The maximum atomic E-state index is 10.7. The van der Waals surface area contributed by atoms with E-state index in [1.165, 1.54) is 0 Å². The number of para-hydroxylation sites is 1. The number of nitrogens with zero attached hydrogens (tertiary/aromatic N) is 2. The lowest BCUT2D eigenvalue weighted by atomic mass is 9.93. The first-order valence-corrected chi connectivity index (χ1v) is 5.54. The van der Waals surface area contributed by atoms with Gasteiger partial charge in [-0.1, -0.05) is 18.2 Å². The lowest BCUT2D eigenvalue weighted by Gasteiger charge is -2.22. The van der Waals surface area contributed by atoms with Gasteiger partial charge in [0.2, 0.25) is 5.89 Å². The molecule has 1 atom stereocenters. The SMILES string of the molecule is O=C(O)c1noc(C2CCOc3ccccc32)n1. The van der Waals surface area contributed by atoms with E-state index < -0.39 is 5.97 Å². The van der Waals surface area contributed by atoms with Crippen LogP contribution in [0, 0.1) is 0 Å². The van der Waals surface area contributed by atoms with Crippen LogP contribution in [0.15, 0.2) is 28.8 Å². The Hall–Kier alpha value is -2.37. The first kappa shape index (κ1) is 10.8. The van der Waals surface area contributed by atoms with E-state index in [1.54, 1.807) is 0 Å². The number of carboxylic acid groups (broad SMARTS) is 1. The van der Waals surface area contributed by atoms with Gasteiger partial charge in [0.1, 0.15) is 5.75 Å². The third kappa shape index (κ3) is 1.71. The molecule has 1 N–H and O–H groups in total. The number of hydrogen-bond acceptors (Lipinski definition) is 5. The first-order valence-electron chi connectivity index (χ1n) is 5.54. The van der Waals surface area contributed by atoms with E-state index in [0.717, 1.165) is 11.3 Å². The van der Waals surface area contributed by atoms with E-state index in [9.17, 15) is 4.79 Å². The van der Waals surface area contributed by atoms with Crippen molar-refractivity contribution >= 4 is 5.97 Å². The molecule has 0 radical (unpaired) electrons. The van der Waals surface area contributed by atoms with E-state index in [0.29, 0.717) is 18.9 Å². The fourth-order valence-corrected chi connectivity index (χ4v) is 2.06. The van der Waals surface area contributed by atoms with Crippen LogP contribution in [0.3, 0.4) is 0 Å². The molecule has 1 unspecified atom stereocenters. The zero-order chi connectivity index (χ0) is 12.5. The summed E-state index contributed by atoms with van der Waals surface area (Å²) in [5.41, 5.74) is 0.948. The van der Waals surface area contributed by atoms with E-state index in [4.69, 9.17) is 14.4 Å². The number of ether oxygens (including phenoxy) is 1. The van der Waals surface area contributed by atoms with E-state index in [2.05, 4.69) is 10.1 Å². The zero-order valence-corrected chi connectivity index (χ0v) is 9.37. The summed E-state index contributed by atoms with van der Waals surface area (Å²) in [7, 11) is 0. The van der Waals surface area contributed by atoms with Crippen molar-refractivity contribution in [2.75, 3.05) is 6.61 Å². The van der Waals surface area contributed by atoms with Gasteiger partial charge in [0.25, 0.3) is 5.82 Å². The van der Waals surface area contributed by atoms with Crippen LogP contribution in [0.4, 0.5) is 0 Å². The summed E-state index contributed by atoms with van der Waals surface area (Å²) in [6, 6.07) is 7.58. The monoisotopic (exact) mass is 246 g/mol. The average Bonchev–Trinajstić information content (AvgIpc) is 2.87. The molecule has 2 heterocycles. The number of aromatic nitrogens is 2. The number of fused-ring (bicyclic) bond motifs is 1. The highest BCUT2D eigenvalue weighted by Crippen LogP contribution is 2.36. The number of carboxylic acids is 1. The zero-order valence-electron chi connectivity index (χ0n) is 9.37. The number of carbonyl (C=O) groups is 1. The van der Waals surface area contributed by atoms with Gasteiger partial charge in [0.15, 0.2) is 0 Å². The number of hydrogen-bond donors (Lipinski definition) is 1. The van der Waals surface area contributed by atoms with E-state index >= 15 is 0 Å². The van der Waals surface area contributed by atoms with Crippen molar-refractivity contribution in [3.05, 3.63) is 41.5 Å². The molecule has 2 aromatic rings. The summed E-state index contributed by atoms with van der Waals surface area (Å²) in [4.78, 5) is 14.6. The van der Waals surface area contributed by atoms with Crippen LogP contribution in [0.5, 0.6) is 5.75 Å². The van der Waals surface area contributed by atoms with Crippen molar-refractivity contribution in [2.24, 2.45) is 0 Å². The standard InChI is InChI=1S/C12H10N2O4/c15-12(16)10-13-11(18-14-10)8-5-6-17-9-4-2-1-3-7(8)9/h1-4,8H,5-6H2,(H,15,16). The van der Waals surface area contributed by atoms with Gasteiger partial charge in [-0.15, -0.1) is 0 Å². The minimum Gasteiger partial charge on any atom is -0.493 e. The molecule has 0 bridgehead atoms. The molecule has 1 aliphatic heterocycles. The molecule has 0 saturated heterocycles. The third-order valence-electron chi connectivity index (χ3n) is 2.89. The Balaban J connectivity index is 2.00. The molecule has 0 fully saturated rings. The van der Waals surface area contributed by atoms with Gasteiger partial charge >= 0.3 is 5.97 Å². The predicted octanol–water partition coefficient (Wildman–Crippen LogP) is 1.68.